The summed E-state index contributed by atoms with van der Waals surface area (Å²) < 4.78 is 28.4. The molecule has 1 aliphatic heterocycles. The fourth-order valence-corrected chi connectivity index (χ4v) is 3.94. The van der Waals surface area contributed by atoms with Crippen LogP contribution in [0.4, 0.5) is 0 Å². The van der Waals surface area contributed by atoms with Gasteiger partial charge in [-0.1, -0.05) is 0 Å². The molecule has 1 fully saturated rings. The first-order valence-corrected chi connectivity index (χ1v) is 8.34. The van der Waals surface area contributed by atoms with Crippen LogP contribution >= 0.6 is 0 Å². The SMILES string of the molecule is COc1ccc2nc(CC3CS(=O)(=O)CCN3)[nH]c2c1. The number of nitrogens with one attached hydrogen (secondary N) is 2. The zero-order valence-corrected chi connectivity index (χ0v) is 12.0. The van der Waals surface area contributed by atoms with Crippen LogP contribution in [0.15, 0.2) is 18.2 Å². The maximum absolute atomic E-state index is 11.6. The van der Waals surface area contributed by atoms with Crippen molar-refractivity contribution in [3.8, 4) is 5.75 Å². The lowest BCUT2D eigenvalue weighted by atomic mass is 10.2. The number of nitrogens with zero attached hydrogens (tertiary/aromatic N) is 1. The Morgan fingerprint density at radius 2 is 2.30 bits per heavy atom. The number of H-pyrrole nitrogens is 1. The van der Waals surface area contributed by atoms with Crippen LogP contribution in [0.1, 0.15) is 5.82 Å². The lowest BCUT2D eigenvalue weighted by molar-refractivity contribution is 0.415. The van der Waals surface area contributed by atoms with Crippen molar-refractivity contribution in [3.63, 3.8) is 0 Å². The van der Waals surface area contributed by atoms with E-state index in [0.29, 0.717) is 13.0 Å². The minimum Gasteiger partial charge on any atom is -0.497 e. The molecule has 3 rings (SSSR count). The first-order chi connectivity index (χ1) is 9.55. The monoisotopic (exact) mass is 295 g/mol. The molecular weight excluding hydrogens is 278 g/mol. The normalized spacial score (nSPS) is 21.9. The molecule has 6 nitrogen and oxygen atoms in total. The molecule has 1 unspecified atom stereocenters. The molecule has 2 heterocycles. The molecule has 0 aliphatic carbocycles. The van der Waals surface area contributed by atoms with Gasteiger partial charge in [-0.3, -0.25) is 0 Å². The highest BCUT2D eigenvalue weighted by atomic mass is 32.2. The van der Waals surface area contributed by atoms with Crippen molar-refractivity contribution in [2.24, 2.45) is 0 Å². The second-order valence-electron chi connectivity index (χ2n) is 5.04. The second-order valence-corrected chi connectivity index (χ2v) is 7.26. The molecule has 0 radical (unpaired) electrons. The lowest BCUT2D eigenvalue weighted by Crippen LogP contribution is -2.46. The van der Waals surface area contributed by atoms with Gasteiger partial charge in [-0.25, -0.2) is 13.4 Å². The number of benzene rings is 1. The van der Waals surface area contributed by atoms with Crippen molar-refractivity contribution in [2.45, 2.75) is 12.5 Å². The number of imidazole rings is 1. The van der Waals surface area contributed by atoms with E-state index >= 15 is 0 Å². The molecule has 0 bridgehead atoms. The van der Waals surface area contributed by atoms with E-state index in [1.807, 2.05) is 18.2 Å². The van der Waals surface area contributed by atoms with Gasteiger partial charge in [0.2, 0.25) is 0 Å². The number of aromatic amines is 1. The third-order valence-electron chi connectivity index (χ3n) is 3.48. The van der Waals surface area contributed by atoms with Crippen molar-refractivity contribution in [2.75, 3.05) is 25.2 Å². The summed E-state index contributed by atoms with van der Waals surface area (Å²) in [5.74, 6) is 1.96. The van der Waals surface area contributed by atoms with Crippen molar-refractivity contribution in [3.05, 3.63) is 24.0 Å². The third-order valence-corrected chi connectivity index (χ3v) is 5.22. The smallest absolute Gasteiger partial charge is 0.153 e. The number of methoxy groups -OCH3 is 1. The van der Waals surface area contributed by atoms with Crippen molar-refractivity contribution >= 4 is 20.9 Å². The second kappa shape index (κ2) is 5.06. The van der Waals surface area contributed by atoms with Crippen LogP contribution in [-0.2, 0) is 16.3 Å². The van der Waals surface area contributed by atoms with E-state index in [2.05, 4.69) is 15.3 Å². The van der Waals surface area contributed by atoms with Crippen LogP contribution in [0.5, 0.6) is 5.75 Å². The Bertz CT molecular complexity index is 724. The number of rotatable bonds is 3. The molecule has 7 heteroatoms. The highest BCUT2D eigenvalue weighted by molar-refractivity contribution is 7.91. The van der Waals surface area contributed by atoms with E-state index in [9.17, 15) is 8.42 Å². The number of fused-ring (bicyclic) bond motifs is 1. The Kier molecular flexibility index (Phi) is 3.39. The highest BCUT2D eigenvalue weighted by Gasteiger charge is 2.25. The maximum Gasteiger partial charge on any atom is 0.153 e. The maximum atomic E-state index is 11.6. The summed E-state index contributed by atoms with van der Waals surface area (Å²) in [5, 5.41) is 3.23. The van der Waals surface area contributed by atoms with Crippen molar-refractivity contribution < 1.29 is 13.2 Å². The molecule has 0 saturated carbocycles. The van der Waals surface area contributed by atoms with Crippen LogP contribution in [0.2, 0.25) is 0 Å². The van der Waals surface area contributed by atoms with Gasteiger partial charge in [0.1, 0.15) is 11.6 Å². The summed E-state index contributed by atoms with van der Waals surface area (Å²) >= 11 is 0. The fraction of sp³-hybridized carbons (Fsp3) is 0.462. The summed E-state index contributed by atoms with van der Waals surface area (Å²) in [6.07, 6.45) is 0.580. The van der Waals surface area contributed by atoms with Gasteiger partial charge in [0.15, 0.2) is 9.84 Å². The van der Waals surface area contributed by atoms with Gasteiger partial charge in [-0.2, -0.15) is 0 Å². The highest BCUT2D eigenvalue weighted by Crippen LogP contribution is 2.19. The Balaban J connectivity index is 1.80. The van der Waals surface area contributed by atoms with E-state index in [0.717, 1.165) is 22.6 Å². The van der Waals surface area contributed by atoms with Crippen LogP contribution in [-0.4, -0.2) is 49.6 Å². The quantitative estimate of drug-likeness (QED) is 0.861. The van der Waals surface area contributed by atoms with Gasteiger partial charge in [-0.05, 0) is 12.1 Å². The fourth-order valence-electron chi connectivity index (χ4n) is 2.50. The minimum absolute atomic E-state index is 0.0730. The van der Waals surface area contributed by atoms with Gasteiger partial charge in [0.05, 0.1) is 29.6 Å². The van der Waals surface area contributed by atoms with Crippen molar-refractivity contribution in [1.82, 2.24) is 15.3 Å². The first-order valence-electron chi connectivity index (χ1n) is 6.52. The number of ether oxygens (including phenoxy) is 1. The number of aromatic nitrogens is 2. The first kappa shape index (κ1) is 13.4. The van der Waals surface area contributed by atoms with Crippen LogP contribution in [0.3, 0.4) is 0 Å². The van der Waals surface area contributed by atoms with Crippen LogP contribution < -0.4 is 10.1 Å². The zero-order valence-electron chi connectivity index (χ0n) is 11.2. The summed E-state index contributed by atoms with van der Waals surface area (Å²) in [4.78, 5) is 7.70. The molecule has 108 valence electrons. The molecule has 2 N–H and O–H groups in total. The average molecular weight is 295 g/mol. The Hall–Kier alpha value is -1.60. The number of hydrogen-bond donors (Lipinski definition) is 2. The molecule has 0 amide bonds. The van der Waals surface area contributed by atoms with Gasteiger partial charge in [0, 0.05) is 25.1 Å². The summed E-state index contributed by atoms with van der Waals surface area (Å²) in [5.41, 5.74) is 1.76. The molecular formula is C13H17N3O3S. The van der Waals surface area contributed by atoms with Gasteiger partial charge in [-0.15, -0.1) is 0 Å². The standard InChI is InChI=1S/C13H17N3O3S/c1-19-10-2-3-11-12(7-10)16-13(15-11)6-9-8-20(17,18)5-4-14-9/h2-3,7,9,14H,4-6,8H2,1H3,(H,15,16). The van der Waals surface area contributed by atoms with Gasteiger partial charge >= 0.3 is 0 Å². The topological polar surface area (TPSA) is 84.1 Å². The van der Waals surface area contributed by atoms with E-state index in [1.54, 1.807) is 7.11 Å². The summed E-state index contributed by atoms with van der Waals surface area (Å²) in [6, 6.07) is 5.56. The summed E-state index contributed by atoms with van der Waals surface area (Å²) in [7, 11) is -1.30. The predicted molar refractivity (Wildman–Crippen MR) is 76.8 cm³/mol. The molecule has 1 aromatic carbocycles. The third kappa shape index (κ3) is 2.78. The molecule has 0 spiro atoms. The molecule has 1 aromatic heterocycles. The van der Waals surface area contributed by atoms with E-state index in [4.69, 9.17) is 4.74 Å². The van der Waals surface area contributed by atoms with Crippen molar-refractivity contribution in [1.29, 1.82) is 0 Å². The molecule has 20 heavy (non-hydrogen) atoms. The molecule has 2 aromatic rings. The molecule has 1 saturated heterocycles. The molecule has 1 atom stereocenters. The average Bonchev–Trinajstić information content (AvgIpc) is 2.78. The lowest BCUT2D eigenvalue weighted by Gasteiger charge is -2.22. The van der Waals surface area contributed by atoms with Crippen LogP contribution in [0, 0.1) is 0 Å². The van der Waals surface area contributed by atoms with Crippen LogP contribution in [0.25, 0.3) is 11.0 Å². The number of hydrogen-bond acceptors (Lipinski definition) is 5. The van der Waals surface area contributed by atoms with Gasteiger partial charge in [0.25, 0.3) is 0 Å². The Labute approximate surface area is 117 Å². The minimum atomic E-state index is -2.92. The van der Waals surface area contributed by atoms with E-state index in [-0.39, 0.29) is 17.5 Å². The largest absolute Gasteiger partial charge is 0.497 e. The number of sulfone groups is 1. The Morgan fingerprint density at radius 1 is 1.45 bits per heavy atom. The summed E-state index contributed by atoms with van der Waals surface area (Å²) in [6.45, 7) is 0.515. The van der Waals surface area contributed by atoms with Gasteiger partial charge < -0.3 is 15.0 Å². The molecule has 1 aliphatic rings. The Morgan fingerprint density at radius 3 is 3.05 bits per heavy atom. The zero-order chi connectivity index (χ0) is 14.2. The van der Waals surface area contributed by atoms with E-state index in [1.165, 1.54) is 0 Å². The van der Waals surface area contributed by atoms with E-state index < -0.39 is 9.84 Å². The predicted octanol–water partition coefficient (Wildman–Crippen LogP) is 0.501.